The number of hydrogen-bond acceptors (Lipinski definition) is 0. The SMILES string of the molecule is CCCCCCCCCCCCC(C)(C)CBr. The van der Waals surface area contributed by atoms with Gasteiger partial charge in [-0.25, -0.2) is 0 Å². The third-order valence-electron chi connectivity index (χ3n) is 3.57. The molecule has 0 aliphatic carbocycles. The Labute approximate surface area is 118 Å². The molecule has 0 saturated heterocycles. The molecule has 0 aromatic rings. The molecule has 0 rings (SSSR count). The molecule has 0 unspecified atom stereocenters. The maximum Gasteiger partial charge on any atom is 0.00826 e. The van der Waals surface area contributed by atoms with Crippen LogP contribution in [0.25, 0.3) is 0 Å². The van der Waals surface area contributed by atoms with E-state index < -0.39 is 0 Å². The zero-order chi connectivity index (χ0) is 13.0. The summed E-state index contributed by atoms with van der Waals surface area (Å²) in [6.45, 7) is 7.00. The number of hydrogen-bond donors (Lipinski definition) is 0. The van der Waals surface area contributed by atoms with Crippen molar-refractivity contribution in [3.8, 4) is 0 Å². The van der Waals surface area contributed by atoms with E-state index in [1.54, 1.807) is 0 Å². The van der Waals surface area contributed by atoms with Gasteiger partial charge in [-0.1, -0.05) is 101 Å². The average Bonchev–Trinajstić information content (AvgIpc) is 2.31. The second kappa shape index (κ2) is 11.6. The fourth-order valence-electron chi connectivity index (χ4n) is 2.16. The number of unbranched alkanes of at least 4 members (excludes halogenated alkanes) is 9. The van der Waals surface area contributed by atoms with E-state index >= 15 is 0 Å². The highest BCUT2D eigenvalue weighted by Crippen LogP contribution is 2.26. The van der Waals surface area contributed by atoms with Crippen LogP contribution in [-0.4, -0.2) is 5.33 Å². The van der Waals surface area contributed by atoms with Crippen molar-refractivity contribution in [1.29, 1.82) is 0 Å². The van der Waals surface area contributed by atoms with E-state index in [2.05, 4.69) is 36.7 Å². The van der Waals surface area contributed by atoms with Crippen LogP contribution < -0.4 is 0 Å². The minimum atomic E-state index is 0.500. The van der Waals surface area contributed by atoms with E-state index in [0.29, 0.717) is 5.41 Å². The minimum absolute atomic E-state index is 0.500. The summed E-state index contributed by atoms with van der Waals surface area (Å²) in [7, 11) is 0. The molecule has 0 saturated carbocycles. The number of halogens is 1. The van der Waals surface area contributed by atoms with Gasteiger partial charge in [-0.15, -0.1) is 0 Å². The Kier molecular flexibility index (Phi) is 11.9. The van der Waals surface area contributed by atoms with Crippen molar-refractivity contribution in [2.45, 2.75) is 91.4 Å². The average molecular weight is 305 g/mol. The summed E-state index contributed by atoms with van der Waals surface area (Å²) in [5.41, 5.74) is 0.500. The van der Waals surface area contributed by atoms with Gasteiger partial charge in [-0.2, -0.15) is 0 Å². The first kappa shape index (κ1) is 17.5. The first-order valence-corrected chi connectivity index (χ1v) is 8.80. The highest BCUT2D eigenvalue weighted by Gasteiger charge is 2.14. The predicted molar refractivity (Wildman–Crippen MR) is 84.0 cm³/mol. The summed E-state index contributed by atoms with van der Waals surface area (Å²) in [6.07, 6.45) is 15.8. The molecular weight excluding hydrogens is 272 g/mol. The van der Waals surface area contributed by atoms with Gasteiger partial charge < -0.3 is 0 Å². The standard InChI is InChI=1S/C16H33Br/c1-4-5-6-7-8-9-10-11-12-13-14-16(2,3)15-17/h4-15H2,1-3H3. The van der Waals surface area contributed by atoms with Crippen molar-refractivity contribution in [1.82, 2.24) is 0 Å². The Hall–Kier alpha value is 0.480. The van der Waals surface area contributed by atoms with E-state index in [9.17, 15) is 0 Å². The van der Waals surface area contributed by atoms with Crippen LogP contribution in [0.5, 0.6) is 0 Å². The van der Waals surface area contributed by atoms with E-state index in [0.717, 1.165) is 5.33 Å². The second-order valence-corrected chi connectivity index (χ2v) is 6.79. The van der Waals surface area contributed by atoms with Crippen LogP contribution in [0.1, 0.15) is 91.4 Å². The third-order valence-corrected chi connectivity index (χ3v) is 5.09. The molecule has 0 aliphatic heterocycles. The summed E-state index contributed by atoms with van der Waals surface area (Å²) in [5.74, 6) is 0. The molecule has 0 atom stereocenters. The van der Waals surface area contributed by atoms with Crippen molar-refractivity contribution in [2.24, 2.45) is 5.41 Å². The lowest BCUT2D eigenvalue weighted by Gasteiger charge is -2.21. The van der Waals surface area contributed by atoms with Gasteiger partial charge in [-0.05, 0) is 11.8 Å². The van der Waals surface area contributed by atoms with Crippen molar-refractivity contribution < 1.29 is 0 Å². The lowest BCUT2D eigenvalue weighted by Crippen LogP contribution is -2.12. The predicted octanol–water partition coefficient (Wildman–Crippen LogP) is 6.72. The topological polar surface area (TPSA) is 0 Å². The van der Waals surface area contributed by atoms with Crippen molar-refractivity contribution in [3.63, 3.8) is 0 Å². The molecule has 0 spiro atoms. The van der Waals surface area contributed by atoms with Gasteiger partial charge in [-0.3, -0.25) is 0 Å². The molecule has 0 aliphatic rings. The minimum Gasteiger partial charge on any atom is -0.0922 e. The monoisotopic (exact) mass is 304 g/mol. The summed E-state index contributed by atoms with van der Waals surface area (Å²) >= 11 is 3.59. The molecule has 0 bridgehead atoms. The van der Waals surface area contributed by atoms with Crippen molar-refractivity contribution in [3.05, 3.63) is 0 Å². The van der Waals surface area contributed by atoms with E-state index in [4.69, 9.17) is 0 Å². The lowest BCUT2D eigenvalue weighted by molar-refractivity contribution is 0.367. The Balaban J connectivity index is 3.09. The summed E-state index contributed by atoms with van der Waals surface area (Å²) in [5, 5.41) is 1.14. The molecule has 0 N–H and O–H groups in total. The molecule has 0 amide bonds. The van der Waals surface area contributed by atoms with E-state index in [-0.39, 0.29) is 0 Å². The quantitative estimate of drug-likeness (QED) is 0.277. The maximum absolute atomic E-state index is 3.59. The molecule has 17 heavy (non-hydrogen) atoms. The van der Waals surface area contributed by atoms with Crippen molar-refractivity contribution >= 4 is 15.9 Å². The first-order valence-electron chi connectivity index (χ1n) is 7.68. The van der Waals surface area contributed by atoms with Crippen molar-refractivity contribution in [2.75, 3.05) is 5.33 Å². The van der Waals surface area contributed by atoms with Crippen LogP contribution in [0.3, 0.4) is 0 Å². The van der Waals surface area contributed by atoms with Gasteiger partial charge in [0.1, 0.15) is 0 Å². The van der Waals surface area contributed by atoms with Gasteiger partial charge in [0, 0.05) is 5.33 Å². The van der Waals surface area contributed by atoms with Gasteiger partial charge in [0.25, 0.3) is 0 Å². The van der Waals surface area contributed by atoms with Gasteiger partial charge in [0.15, 0.2) is 0 Å². The zero-order valence-electron chi connectivity index (χ0n) is 12.4. The molecule has 0 heterocycles. The van der Waals surface area contributed by atoms with Gasteiger partial charge in [0.2, 0.25) is 0 Å². The molecule has 0 nitrogen and oxygen atoms in total. The van der Waals surface area contributed by atoms with E-state index in [1.807, 2.05) is 0 Å². The Morgan fingerprint density at radius 2 is 1.12 bits per heavy atom. The Morgan fingerprint density at radius 3 is 1.53 bits per heavy atom. The summed E-state index contributed by atoms with van der Waals surface area (Å²) < 4.78 is 0. The fraction of sp³-hybridized carbons (Fsp3) is 1.00. The maximum atomic E-state index is 3.59. The normalized spacial score (nSPS) is 12.0. The first-order chi connectivity index (χ1) is 8.12. The van der Waals surface area contributed by atoms with Crippen LogP contribution in [0.15, 0.2) is 0 Å². The van der Waals surface area contributed by atoms with Crippen LogP contribution in [0.2, 0.25) is 0 Å². The highest BCUT2D eigenvalue weighted by molar-refractivity contribution is 9.09. The third kappa shape index (κ3) is 12.7. The van der Waals surface area contributed by atoms with Crippen LogP contribution >= 0.6 is 15.9 Å². The fourth-order valence-corrected chi connectivity index (χ4v) is 2.44. The van der Waals surface area contributed by atoms with Crippen LogP contribution in [-0.2, 0) is 0 Å². The largest absolute Gasteiger partial charge is 0.0922 e. The molecular formula is C16H33Br. The molecule has 0 aromatic carbocycles. The smallest absolute Gasteiger partial charge is 0.00826 e. The Morgan fingerprint density at radius 1 is 0.706 bits per heavy atom. The molecule has 1 heteroatoms. The molecule has 104 valence electrons. The number of rotatable bonds is 12. The van der Waals surface area contributed by atoms with Crippen LogP contribution in [0.4, 0.5) is 0 Å². The molecule has 0 fully saturated rings. The zero-order valence-corrected chi connectivity index (χ0v) is 13.9. The molecule has 0 radical (unpaired) electrons. The number of alkyl halides is 1. The summed E-state index contributed by atoms with van der Waals surface area (Å²) in [6, 6.07) is 0. The lowest BCUT2D eigenvalue weighted by atomic mass is 9.89. The van der Waals surface area contributed by atoms with Gasteiger partial charge in [0.05, 0.1) is 0 Å². The summed E-state index contributed by atoms with van der Waals surface area (Å²) in [4.78, 5) is 0. The van der Waals surface area contributed by atoms with E-state index in [1.165, 1.54) is 70.6 Å². The molecule has 0 aromatic heterocycles. The Bertz CT molecular complexity index is 152. The highest BCUT2D eigenvalue weighted by atomic mass is 79.9. The second-order valence-electron chi connectivity index (χ2n) is 6.23. The van der Waals surface area contributed by atoms with Crippen LogP contribution in [0, 0.1) is 5.41 Å². The van der Waals surface area contributed by atoms with Gasteiger partial charge >= 0.3 is 0 Å².